The first-order valence-corrected chi connectivity index (χ1v) is 13.7. The van der Waals surface area contributed by atoms with E-state index in [1.165, 1.54) is 6.08 Å². The molecule has 0 bridgehead atoms. The molecule has 4 heterocycles. The van der Waals surface area contributed by atoms with Crippen molar-refractivity contribution < 1.29 is 15.0 Å². The predicted octanol–water partition coefficient (Wildman–Crippen LogP) is 4.92. The molecule has 204 valence electrons. The highest BCUT2D eigenvalue weighted by Crippen LogP contribution is 2.47. The number of fused-ring (bicyclic) bond motifs is 1. The zero-order valence-corrected chi connectivity index (χ0v) is 23.3. The van der Waals surface area contributed by atoms with Crippen molar-refractivity contribution in [3.8, 4) is 11.1 Å². The highest BCUT2D eigenvalue weighted by Gasteiger charge is 2.39. The summed E-state index contributed by atoms with van der Waals surface area (Å²) >= 11 is 7.04. The summed E-state index contributed by atoms with van der Waals surface area (Å²) in [5.41, 5.74) is 4.69. The minimum absolute atomic E-state index is 0.131. The lowest BCUT2D eigenvalue weighted by Gasteiger charge is -2.46. The molecule has 1 atom stereocenters. The highest BCUT2D eigenvalue weighted by atomic mass is 35.5. The topological polar surface area (TPSA) is 111 Å². The van der Waals surface area contributed by atoms with Gasteiger partial charge in [0, 0.05) is 60.1 Å². The number of carbonyl (C=O) groups is 1. The third-order valence-corrected chi connectivity index (χ3v) is 8.87. The molecule has 9 nitrogen and oxygen atoms in total. The number of H-pyrrole nitrogens is 1. The van der Waals surface area contributed by atoms with Crippen LogP contribution in [0, 0.1) is 19.8 Å². The average Bonchev–Trinajstić information content (AvgIpc) is 3.48. The van der Waals surface area contributed by atoms with Crippen LogP contribution in [0.2, 0.25) is 5.02 Å². The number of carbonyl (C=O) groups excluding carboxylic acids is 1. The maximum absolute atomic E-state index is 12.3. The number of aromatic amines is 1. The minimum Gasteiger partial charge on any atom is -0.515 e. The quantitative estimate of drug-likeness (QED) is 0.313. The second kappa shape index (κ2) is 10.3. The smallest absolute Gasteiger partial charge is 0.249 e. The number of hydrogen-bond acceptors (Lipinski definition) is 6. The van der Waals surface area contributed by atoms with E-state index in [0.29, 0.717) is 18.1 Å². The maximum Gasteiger partial charge on any atom is 0.249 e. The van der Waals surface area contributed by atoms with Crippen molar-refractivity contribution in [1.29, 1.82) is 0 Å². The molecule has 2 aromatic heterocycles. The number of benzene rings is 1. The van der Waals surface area contributed by atoms with Gasteiger partial charge in [0.15, 0.2) is 5.82 Å². The molecule has 1 aromatic carbocycles. The zero-order valence-electron chi connectivity index (χ0n) is 22.5. The largest absolute Gasteiger partial charge is 0.515 e. The molecule has 38 heavy (non-hydrogen) atoms. The molecule has 0 spiro atoms. The van der Waals surface area contributed by atoms with Crippen LogP contribution in [0.4, 0.5) is 5.82 Å². The number of aromatic nitrogens is 4. The Labute approximate surface area is 228 Å². The van der Waals surface area contributed by atoms with Gasteiger partial charge in [0.25, 0.3) is 0 Å². The van der Waals surface area contributed by atoms with E-state index < -0.39 is 0 Å². The summed E-state index contributed by atoms with van der Waals surface area (Å²) in [6.45, 7) is 10.7. The van der Waals surface area contributed by atoms with Gasteiger partial charge in [-0.3, -0.25) is 14.6 Å². The molecule has 1 amide bonds. The van der Waals surface area contributed by atoms with Crippen LogP contribution in [0.5, 0.6) is 0 Å². The molecule has 0 aliphatic carbocycles. The molecule has 3 aromatic rings. The first-order chi connectivity index (χ1) is 18.2. The van der Waals surface area contributed by atoms with E-state index in [1.807, 2.05) is 19.2 Å². The molecule has 2 saturated heterocycles. The standard InChI is InChI=1S/C28H37ClN6O3/c1-17-13-22-21(15-30-31-22)25(26(17)29)24-18(2)35(20-6-9-33(10-7-20)23(38)8-12-36)32-27(24)34-11-5-19(16-37)14-28(34,3)4/h8,12-13,15,19-20,36-37H,5-7,9-11,14,16H2,1-4H3,(H,30,31)/b12-8+. The fraction of sp³-hybridized carbons (Fsp3) is 0.536. The van der Waals surface area contributed by atoms with Gasteiger partial charge in [-0.15, -0.1) is 0 Å². The number of nitrogens with zero attached hydrogens (tertiary/aromatic N) is 5. The summed E-state index contributed by atoms with van der Waals surface area (Å²) in [6.07, 6.45) is 7.13. The van der Waals surface area contributed by atoms with Gasteiger partial charge in [-0.05, 0) is 70.9 Å². The molecule has 5 rings (SSSR count). The number of hydrogen-bond donors (Lipinski definition) is 3. The predicted molar refractivity (Wildman–Crippen MR) is 150 cm³/mol. The number of rotatable bonds is 5. The van der Waals surface area contributed by atoms with Crippen molar-refractivity contribution in [2.75, 3.05) is 31.1 Å². The monoisotopic (exact) mass is 540 g/mol. The Morgan fingerprint density at radius 3 is 2.61 bits per heavy atom. The van der Waals surface area contributed by atoms with Gasteiger partial charge in [0.1, 0.15) is 0 Å². The lowest BCUT2D eigenvalue weighted by Crippen LogP contribution is -2.51. The van der Waals surface area contributed by atoms with Gasteiger partial charge in [0.05, 0.1) is 29.0 Å². The second-order valence-corrected chi connectivity index (χ2v) is 11.7. The van der Waals surface area contributed by atoms with Gasteiger partial charge >= 0.3 is 0 Å². The van der Waals surface area contributed by atoms with E-state index in [0.717, 1.165) is 77.6 Å². The average molecular weight is 541 g/mol. The number of nitrogens with one attached hydrogen (secondary N) is 1. The molecule has 1 unspecified atom stereocenters. The minimum atomic E-state index is -0.204. The van der Waals surface area contributed by atoms with E-state index >= 15 is 0 Å². The summed E-state index contributed by atoms with van der Waals surface area (Å²) in [5.74, 6) is 0.998. The number of aliphatic hydroxyl groups excluding tert-OH is 2. The number of aryl methyl sites for hydroxylation is 1. The summed E-state index contributed by atoms with van der Waals surface area (Å²) in [4.78, 5) is 16.4. The van der Waals surface area contributed by atoms with Crippen molar-refractivity contribution in [1.82, 2.24) is 24.9 Å². The zero-order chi connectivity index (χ0) is 27.2. The Bertz CT molecular complexity index is 1370. The third kappa shape index (κ3) is 4.56. The van der Waals surface area contributed by atoms with Crippen molar-refractivity contribution in [3.05, 3.63) is 40.9 Å². The van der Waals surface area contributed by atoms with Crippen LogP contribution >= 0.6 is 11.6 Å². The SMILES string of the molecule is Cc1cc2[nH]ncc2c(-c2c(N3CCC(CO)CC3(C)C)nn(C3CCN(C(=O)/C=C/O)CC3)c2C)c1Cl. The Balaban J connectivity index is 1.63. The molecule has 2 aliphatic rings. The Kier molecular flexibility index (Phi) is 7.17. The summed E-state index contributed by atoms with van der Waals surface area (Å²) in [7, 11) is 0. The molecular formula is C28H37ClN6O3. The van der Waals surface area contributed by atoms with Gasteiger partial charge in [-0.25, -0.2) is 0 Å². The fourth-order valence-electron chi connectivity index (χ4n) is 6.37. The molecule has 3 N–H and O–H groups in total. The third-order valence-electron chi connectivity index (χ3n) is 8.38. The van der Waals surface area contributed by atoms with E-state index in [4.69, 9.17) is 21.8 Å². The van der Waals surface area contributed by atoms with Gasteiger partial charge in [-0.1, -0.05) is 11.6 Å². The number of piperidine rings is 2. The Morgan fingerprint density at radius 2 is 1.95 bits per heavy atom. The van der Waals surface area contributed by atoms with Gasteiger partial charge in [-0.2, -0.15) is 10.2 Å². The van der Waals surface area contributed by atoms with Gasteiger partial charge in [0.2, 0.25) is 5.91 Å². The molecule has 2 fully saturated rings. The van der Waals surface area contributed by atoms with Gasteiger partial charge < -0.3 is 20.0 Å². The van der Waals surface area contributed by atoms with E-state index in [1.54, 1.807) is 4.90 Å². The van der Waals surface area contributed by atoms with Crippen LogP contribution in [0.3, 0.4) is 0 Å². The molecule has 0 saturated carbocycles. The second-order valence-electron chi connectivity index (χ2n) is 11.3. The summed E-state index contributed by atoms with van der Waals surface area (Å²) < 4.78 is 2.13. The van der Waals surface area contributed by atoms with Crippen LogP contribution in [-0.4, -0.2) is 72.8 Å². The van der Waals surface area contributed by atoms with E-state index in [9.17, 15) is 9.90 Å². The lowest BCUT2D eigenvalue weighted by atomic mass is 9.82. The van der Waals surface area contributed by atoms with Crippen LogP contribution in [-0.2, 0) is 4.79 Å². The number of amides is 1. The number of anilines is 1. The number of halogens is 1. The van der Waals surface area contributed by atoms with E-state index in [2.05, 4.69) is 40.6 Å². The van der Waals surface area contributed by atoms with Crippen molar-refractivity contribution in [2.45, 2.75) is 65.0 Å². The van der Waals surface area contributed by atoms with E-state index in [-0.39, 0.29) is 30.0 Å². The Morgan fingerprint density at radius 1 is 1.21 bits per heavy atom. The Hall–Kier alpha value is -3.04. The molecule has 2 aliphatic heterocycles. The van der Waals surface area contributed by atoms with Crippen LogP contribution in [0.25, 0.3) is 22.0 Å². The summed E-state index contributed by atoms with van der Waals surface area (Å²) in [6, 6.07) is 2.16. The first kappa shape index (κ1) is 26.6. The van der Waals surface area contributed by atoms with Crippen LogP contribution in [0.15, 0.2) is 24.6 Å². The van der Waals surface area contributed by atoms with Crippen molar-refractivity contribution in [2.24, 2.45) is 5.92 Å². The van der Waals surface area contributed by atoms with Crippen LogP contribution < -0.4 is 4.90 Å². The lowest BCUT2D eigenvalue weighted by molar-refractivity contribution is -0.127. The summed E-state index contributed by atoms with van der Waals surface area (Å²) in [5, 5.41) is 33.2. The highest BCUT2D eigenvalue weighted by molar-refractivity contribution is 6.36. The van der Waals surface area contributed by atoms with Crippen molar-refractivity contribution in [3.63, 3.8) is 0 Å². The first-order valence-electron chi connectivity index (χ1n) is 13.4. The molecule has 10 heteroatoms. The number of likely N-dealkylation sites (tertiary alicyclic amines) is 1. The van der Waals surface area contributed by atoms with Crippen LogP contribution in [0.1, 0.15) is 56.8 Å². The maximum atomic E-state index is 12.3. The molecule has 0 radical (unpaired) electrons. The fourth-order valence-corrected chi connectivity index (χ4v) is 6.62. The normalized spacial score (nSPS) is 20.6. The number of aliphatic hydroxyl groups is 2. The molecular weight excluding hydrogens is 504 g/mol. The van der Waals surface area contributed by atoms with Crippen molar-refractivity contribution >= 4 is 34.2 Å².